The highest BCUT2D eigenvalue weighted by molar-refractivity contribution is 5.33. The number of hydrogen-bond acceptors (Lipinski definition) is 3. The molecule has 0 radical (unpaired) electrons. The van der Waals surface area contributed by atoms with Gasteiger partial charge in [-0.05, 0) is 31.0 Å². The highest BCUT2D eigenvalue weighted by atomic mass is 19.4. The van der Waals surface area contributed by atoms with Crippen LogP contribution in [0.2, 0.25) is 0 Å². The Morgan fingerprint density at radius 2 is 2.05 bits per heavy atom. The van der Waals surface area contributed by atoms with Gasteiger partial charge in [-0.25, -0.2) is 0 Å². The van der Waals surface area contributed by atoms with Crippen LogP contribution in [-0.2, 0) is 10.9 Å². The quantitative estimate of drug-likeness (QED) is 0.929. The largest absolute Gasteiger partial charge is 0.416 e. The number of hydrogen-bond donors (Lipinski definition) is 1. The summed E-state index contributed by atoms with van der Waals surface area (Å²) in [6, 6.07) is 5.02. The van der Waals surface area contributed by atoms with Crippen LogP contribution in [0.15, 0.2) is 24.3 Å². The standard InChI is InChI=1S/C15H21F3N2O/c1-21-10-9-20-8-4-7-13(19)14(20)11-5-2-3-6-12(11)15(16,17)18/h2-3,5-6,13-14H,4,7-10,19H2,1H3. The first-order valence-electron chi connectivity index (χ1n) is 7.10. The average Bonchev–Trinajstić information content (AvgIpc) is 2.44. The lowest BCUT2D eigenvalue weighted by Crippen LogP contribution is -2.47. The van der Waals surface area contributed by atoms with Crippen LogP contribution in [0.3, 0.4) is 0 Å². The van der Waals surface area contributed by atoms with E-state index in [-0.39, 0.29) is 11.6 Å². The van der Waals surface area contributed by atoms with E-state index in [0.717, 1.165) is 25.5 Å². The fourth-order valence-corrected chi connectivity index (χ4v) is 3.00. The van der Waals surface area contributed by atoms with E-state index in [2.05, 4.69) is 0 Å². The van der Waals surface area contributed by atoms with Gasteiger partial charge in [-0.3, -0.25) is 4.90 Å². The Morgan fingerprint density at radius 3 is 2.71 bits per heavy atom. The molecule has 118 valence electrons. The van der Waals surface area contributed by atoms with Gasteiger partial charge in [0.25, 0.3) is 0 Å². The molecule has 0 spiro atoms. The van der Waals surface area contributed by atoms with Crippen molar-refractivity contribution >= 4 is 0 Å². The second-order valence-corrected chi connectivity index (χ2v) is 5.36. The topological polar surface area (TPSA) is 38.5 Å². The van der Waals surface area contributed by atoms with Crippen molar-refractivity contribution in [2.24, 2.45) is 5.73 Å². The molecular formula is C15H21F3N2O. The second-order valence-electron chi connectivity index (χ2n) is 5.36. The fourth-order valence-electron chi connectivity index (χ4n) is 3.00. The van der Waals surface area contributed by atoms with Crippen molar-refractivity contribution in [3.8, 4) is 0 Å². The lowest BCUT2D eigenvalue weighted by molar-refractivity contribution is -0.139. The number of methoxy groups -OCH3 is 1. The maximum Gasteiger partial charge on any atom is 0.416 e. The molecule has 1 fully saturated rings. The molecule has 21 heavy (non-hydrogen) atoms. The number of nitrogens with two attached hydrogens (primary N) is 1. The number of alkyl halides is 3. The summed E-state index contributed by atoms with van der Waals surface area (Å²) in [7, 11) is 1.59. The molecule has 0 aromatic heterocycles. The normalized spacial score (nSPS) is 24.2. The summed E-state index contributed by atoms with van der Waals surface area (Å²) in [4.78, 5) is 2.00. The zero-order chi connectivity index (χ0) is 15.5. The Balaban J connectivity index is 2.36. The molecule has 1 aliphatic heterocycles. The highest BCUT2D eigenvalue weighted by Crippen LogP contribution is 2.39. The zero-order valence-corrected chi connectivity index (χ0v) is 12.1. The molecule has 0 aliphatic carbocycles. The van der Waals surface area contributed by atoms with Gasteiger partial charge in [-0.1, -0.05) is 18.2 Å². The minimum Gasteiger partial charge on any atom is -0.383 e. The van der Waals surface area contributed by atoms with Gasteiger partial charge in [0.1, 0.15) is 0 Å². The van der Waals surface area contributed by atoms with Crippen LogP contribution in [0.25, 0.3) is 0 Å². The SMILES string of the molecule is COCCN1CCCC(N)C1c1ccccc1C(F)(F)F. The maximum absolute atomic E-state index is 13.2. The van der Waals surface area contributed by atoms with Crippen molar-refractivity contribution in [3.63, 3.8) is 0 Å². The molecule has 0 bridgehead atoms. The first-order valence-corrected chi connectivity index (χ1v) is 7.10. The molecule has 0 saturated carbocycles. The minimum atomic E-state index is -4.36. The summed E-state index contributed by atoms with van der Waals surface area (Å²) < 4.78 is 44.7. The molecule has 1 heterocycles. The van der Waals surface area contributed by atoms with Gasteiger partial charge in [0.05, 0.1) is 18.2 Å². The van der Waals surface area contributed by atoms with Crippen molar-refractivity contribution in [1.29, 1.82) is 0 Å². The van der Waals surface area contributed by atoms with E-state index in [1.807, 2.05) is 4.90 Å². The van der Waals surface area contributed by atoms with Gasteiger partial charge >= 0.3 is 6.18 Å². The van der Waals surface area contributed by atoms with Crippen molar-refractivity contribution in [2.75, 3.05) is 26.8 Å². The van der Waals surface area contributed by atoms with Crippen molar-refractivity contribution < 1.29 is 17.9 Å². The van der Waals surface area contributed by atoms with Gasteiger partial charge in [-0.15, -0.1) is 0 Å². The van der Waals surface area contributed by atoms with Crippen molar-refractivity contribution in [3.05, 3.63) is 35.4 Å². The van der Waals surface area contributed by atoms with Crippen LogP contribution >= 0.6 is 0 Å². The fraction of sp³-hybridized carbons (Fsp3) is 0.600. The zero-order valence-electron chi connectivity index (χ0n) is 12.1. The number of benzene rings is 1. The van der Waals surface area contributed by atoms with Crippen molar-refractivity contribution in [2.45, 2.75) is 31.1 Å². The summed E-state index contributed by atoms with van der Waals surface area (Å²) in [5, 5.41) is 0. The van der Waals surface area contributed by atoms with Gasteiger partial charge < -0.3 is 10.5 Å². The third-order valence-electron chi connectivity index (χ3n) is 3.95. The smallest absolute Gasteiger partial charge is 0.383 e. The molecule has 0 amide bonds. The first-order chi connectivity index (χ1) is 9.95. The van der Waals surface area contributed by atoms with Gasteiger partial charge in [-0.2, -0.15) is 13.2 Å². The Morgan fingerprint density at radius 1 is 1.33 bits per heavy atom. The van der Waals surface area contributed by atoms with E-state index in [1.54, 1.807) is 19.2 Å². The van der Waals surface area contributed by atoms with Crippen LogP contribution in [0.1, 0.15) is 30.0 Å². The molecular weight excluding hydrogens is 281 g/mol. The molecule has 2 unspecified atom stereocenters. The summed E-state index contributed by atoms with van der Waals surface area (Å²) in [6.45, 7) is 1.81. The average molecular weight is 302 g/mol. The number of ether oxygens (including phenoxy) is 1. The second kappa shape index (κ2) is 6.77. The van der Waals surface area contributed by atoms with Gasteiger partial charge in [0, 0.05) is 19.7 Å². The van der Waals surface area contributed by atoms with E-state index in [4.69, 9.17) is 10.5 Å². The van der Waals surface area contributed by atoms with Crippen LogP contribution in [-0.4, -0.2) is 37.7 Å². The number of piperidine rings is 1. The molecule has 6 heteroatoms. The van der Waals surface area contributed by atoms with Crippen LogP contribution in [0, 0.1) is 0 Å². The van der Waals surface area contributed by atoms with E-state index >= 15 is 0 Å². The number of likely N-dealkylation sites (tertiary alicyclic amines) is 1. The Labute approximate surface area is 122 Å². The lowest BCUT2D eigenvalue weighted by atomic mass is 9.88. The van der Waals surface area contributed by atoms with E-state index < -0.39 is 17.8 Å². The molecule has 1 aromatic rings. The molecule has 2 atom stereocenters. The maximum atomic E-state index is 13.2. The predicted molar refractivity (Wildman–Crippen MR) is 74.8 cm³/mol. The summed E-state index contributed by atoms with van der Waals surface area (Å²) in [5.74, 6) is 0. The summed E-state index contributed by atoms with van der Waals surface area (Å²) in [6.07, 6.45) is -2.73. The Hall–Kier alpha value is -1.11. The molecule has 1 aromatic carbocycles. The molecule has 2 N–H and O–H groups in total. The van der Waals surface area contributed by atoms with Gasteiger partial charge in [0.2, 0.25) is 0 Å². The predicted octanol–water partition coefficient (Wildman–Crippen LogP) is 2.82. The number of nitrogens with zero attached hydrogens (tertiary/aromatic N) is 1. The molecule has 3 nitrogen and oxygen atoms in total. The van der Waals surface area contributed by atoms with E-state index in [0.29, 0.717) is 13.2 Å². The Kier molecular flexibility index (Phi) is 5.24. The van der Waals surface area contributed by atoms with Crippen LogP contribution in [0.5, 0.6) is 0 Å². The highest BCUT2D eigenvalue weighted by Gasteiger charge is 2.39. The summed E-state index contributed by atoms with van der Waals surface area (Å²) >= 11 is 0. The Bertz CT molecular complexity index is 464. The van der Waals surface area contributed by atoms with E-state index in [1.165, 1.54) is 6.07 Å². The first kappa shape index (κ1) is 16.3. The van der Waals surface area contributed by atoms with Crippen LogP contribution in [0.4, 0.5) is 13.2 Å². The van der Waals surface area contributed by atoms with Crippen LogP contribution < -0.4 is 5.73 Å². The molecule has 2 rings (SSSR count). The summed E-state index contributed by atoms with van der Waals surface area (Å²) in [5.41, 5.74) is 5.82. The van der Waals surface area contributed by atoms with Crippen molar-refractivity contribution in [1.82, 2.24) is 4.90 Å². The number of halogens is 3. The monoisotopic (exact) mass is 302 g/mol. The minimum absolute atomic E-state index is 0.272. The lowest BCUT2D eigenvalue weighted by Gasteiger charge is -2.41. The number of rotatable bonds is 4. The molecule has 1 saturated heterocycles. The third-order valence-corrected chi connectivity index (χ3v) is 3.95. The molecule has 1 aliphatic rings. The van der Waals surface area contributed by atoms with E-state index in [9.17, 15) is 13.2 Å². The van der Waals surface area contributed by atoms with Gasteiger partial charge in [0.15, 0.2) is 0 Å². The third kappa shape index (κ3) is 3.75.